The average Bonchev–Trinajstić information content (AvgIpc) is 2.87. The number of fused-ring (bicyclic) bond motifs is 1. The molecule has 0 bridgehead atoms. The Kier molecular flexibility index (Phi) is 4.73. The Morgan fingerprint density at radius 3 is 2.37 bits per heavy atom. The molecule has 0 aliphatic carbocycles. The zero-order valence-corrected chi connectivity index (χ0v) is 15.2. The Balaban J connectivity index is 1.99. The molecule has 0 amide bonds. The number of nitrogens with one attached hydrogen (secondary N) is 1. The maximum absolute atomic E-state index is 12.6. The van der Waals surface area contributed by atoms with Gasteiger partial charge in [0.2, 0.25) is 0 Å². The van der Waals surface area contributed by atoms with Gasteiger partial charge in [-0.1, -0.05) is 11.6 Å². The van der Waals surface area contributed by atoms with E-state index < -0.39 is 27.5 Å². The summed E-state index contributed by atoms with van der Waals surface area (Å²) < 4.78 is 71.4. The van der Waals surface area contributed by atoms with Crippen molar-refractivity contribution in [3.8, 4) is 0 Å². The van der Waals surface area contributed by atoms with E-state index in [-0.39, 0.29) is 21.2 Å². The average molecular weight is 421 g/mol. The largest absolute Gasteiger partial charge is 0.419 e. The third-order valence-electron chi connectivity index (χ3n) is 3.79. The number of rotatable bonds is 4. The second-order valence-corrected chi connectivity index (χ2v) is 7.60. The molecule has 3 rings (SSSR count). The molecule has 3 aromatic rings. The third-order valence-corrected chi connectivity index (χ3v) is 5.64. The molecule has 2 aromatic carbocycles. The summed E-state index contributed by atoms with van der Waals surface area (Å²) in [6.45, 7) is 2.01. The van der Waals surface area contributed by atoms with Crippen LogP contribution in [0.4, 0.5) is 18.9 Å². The second-order valence-electron chi connectivity index (χ2n) is 5.54. The molecule has 0 saturated heterocycles. The van der Waals surface area contributed by atoms with E-state index in [1.165, 1.54) is 10.6 Å². The van der Waals surface area contributed by atoms with E-state index in [2.05, 4.69) is 4.72 Å². The summed E-state index contributed by atoms with van der Waals surface area (Å²) >= 11 is 6.05. The Labute approximate surface area is 156 Å². The summed E-state index contributed by atoms with van der Waals surface area (Å²) in [6, 6.07) is 5.86. The first-order valence-corrected chi connectivity index (χ1v) is 9.42. The van der Waals surface area contributed by atoms with Crippen molar-refractivity contribution in [2.24, 2.45) is 0 Å². The van der Waals surface area contributed by atoms with Gasteiger partial charge >= 0.3 is 11.9 Å². The number of nitrogens with zero attached hydrogens (tertiary/aromatic N) is 1. The van der Waals surface area contributed by atoms with Gasteiger partial charge in [-0.15, -0.1) is 0 Å². The fourth-order valence-corrected chi connectivity index (χ4v) is 4.10. The van der Waals surface area contributed by atoms with Crippen molar-refractivity contribution in [1.82, 2.24) is 4.57 Å². The number of sulfonamides is 1. The minimum absolute atomic E-state index is 0.0269. The quantitative estimate of drug-likeness (QED) is 0.689. The Morgan fingerprint density at radius 1 is 1.19 bits per heavy atom. The van der Waals surface area contributed by atoms with Crippen LogP contribution >= 0.6 is 11.6 Å². The Hall–Kier alpha value is -2.46. The summed E-state index contributed by atoms with van der Waals surface area (Å²) in [4.78, 5) is 11.4. The van der Waals surface area contributed by atoms with Crippen LogP contribution in [0.5, 0.6) is 0 Å². The molecule has 0 spiro atoms. The molecule has 0 atom stereocenters. The van der Waals surface area contributed by atoms with Crippen molar-refractivity contribution in [2.75, 3.05) is 4.72 Å². The van der Waals surface area contributed by atoms with Crippen LogP contribution in [0, 0.1) is 0 Å². The summed E-state index contributed by atoms with van der Waals surface area (Å²) in [7, 11) is -4.23. The number of hydrogen-bond donors (Lipinski definition) is 1. The van der Waals surface area contributed by atoms with Crippen molar-refractivity contribution < 1.29 is 26.0 Å². The molecule has 1 aromatic heterocycles. The molecule has 0 fully saturated rings. The summed E-state index contributed by atoms with van der Waals surface area (Å²) in [5.41, 5.74) is -0.626. The molecular formula is C16H12ClF3N2O4S. The van der Waals surface area contributed by atoms with Crippen molar-refractivity contribution in [2.45, 2.75) is 24.5 Å². The molecule has 11 heteroatoms. The molecule has 0 radical (unpaired) electrons. The lowest BCUT2D eigenvalue weighted by Gasteiger charge is -2.11. The number of aromatic nitrogens is 1. The number of halogens is 4. The predicted molar refractivity (Wildman–Crippen MR) is 93.4 cm³/mol. The van der Waals surface area contributed by atoms with Crippen molar-refractivity contribution >= 4 is 38.4 Å². The van der Waals surface area contributed by atoms with Crippen molar-refractivity contribution in [1.29, 1.82) is 0 Å². The first kappa shape index (κ1) is 19.3. The fraction of sp³-hybridized carbons (Fsp3) is 0.188. The standard InChI is InChI=1S/C16H12ClF3N2O4S/c1-2-22-12-7-11(17)14(8-13(12)26-15(22)23)27(24,25)21-10-5-3-9(4-6-10)16(18,19)20/h3-8,21H,2H2,1H3. The van der Waals surface area contributed by atoms with E-state index in [9.17, 15) is 26.4 Å². The van der Waals surface area contributed by atoms with Crippen molar-refractivity contribution in [3.63, 3.8) is 0 Å². The molecular weight excluding hydrogens is 409 g/mol. The molecule has 0 aliphatic heterocycles. The maximum atomic E-state index is 12.6. The number of aryl methyl sites for hydroxylation is 1. The molecule has 0 saturated carbocycles. The molecule has 144 valence electrons. The molecule has 1 N–H and O–H groups in total. The van der Waals surface area contributed by atoms with Crippen LogP contribution in [-0.4, -0.2) is 13.0 Å². The monoisotopic (exact) mass is 420 g/mol. The Bertz CT molecular complexity index is 1170. The van der Waals surface area contributed by atoms with E-state index in [1.807, 2.05) is 0 Å². The summed E-state index contributed by atoms with van der Waals surface area (Å²) in [6.07, 6.45) is -4.53. The number of hydrogen-bond acceptors (Lipinski definition) is 4. The molecule has 1 heterocycles. The highest BCUT2D eigenvalue weighted by atomic mass is 35.5. The topological polar surface area (TPSA) is 81.3 Å². The molecule has 0 unspecified atom stereocenters. The first-order chi connectivity index (χ1) is 12.5. The van der Waals surface area contributed by atoms with Gasteiger partial charge < -0.3 is 4.42 Å². The van der Waals surface area contributed by atoms with Crippen LogP contribution < -0.4 is 10.5 Å². The van der Waals surface area contributed by atoms with E-state index in [4.69, 9.17) is 16.0 Å². The van der Waals surface area contributed by atoms with Gasteiger partial charge in [0, 0.05) is 18.3 Å². The highest BCUT2D eigenvalue weighted by Crippen LogP contribution is 2.31. The lowest BCUT2D eigenvalue weighted by atomic mass is 10.2. The summed E-state index contributed by atoms with van der Waals surface area (Å²) in [5, 5.41) is -0.162. The normalized spacial score (nSPS) is 12.5. The SMILES string of the molecule is CCn1c(=O)oc2cc(S(=O)(=O)Nc3ccc(C(F)(F)F)cc3)c(Cl)cc21. The van der Waals surface area contributed by atoms with Gasteiger partial charge in [0.15, 0.2) is 5.58 Å². The number of anilines is 1. The van der Waals surface area contributed by atoms with Gasteiger partial charge in [-0.05, 0) is 37.3 Å². The summed E-state index contributed by atoms with van der Waals surface area (Å²) in [5.74, 6) is -0.659. The van der Waals surface area contributed by atoms with Gasteiger partial charge in [-0.25, -0.2) is 13.2 Å². The van der Waals surface area contributed by atoms with Gasteiger partial charge in [0.25, 0.3) is 10.0 Å². The van der Waals surface area contributed by atoms with E-state index in [0.29, 0.717) is 12.1 Å². The van der Waals surface area contributed by atoms with Crippen LogP contribution in [0.3, 0.4) is 0 Å². The van der Waals surface area contributed by atoms with Crippen LogP contribution in [0.25, 0.3) is 11.1 Å². The zero-order chi connectivity index (χ0) is 20.0. The highest BCUT2D eigenvalue weighted by molar-refractivity contribution is 7.92. The molecule has 0 aliphatic rings. The minimum Gasteiger partial charge on any atom is -0.408 e. The highest BCUT2D eigenvalue weighted by Gasteiger charge is 2.30. The molecule has 27 heavy (non-hydrogen) atoms. The van der Waals surface area contributed by atoms with Crippen molar-refractivity contribution in [3.05, 3.63) is 57.5 Å². The number of oxazole rings is 1. The van der Waals surface area contributed by atoms with E-state index in [1.54, 1.807) is 6.92 Å². The van der Waals surface area contributed by atoms with Gasteiger partial charge in [-0.3, -0.25) is 9.29 Å². The van der Waals surface area contributed by atoms with Crippen LogP contribution in [0.15, 0.2) is 50.5 Å². The number of benzene rings is 2. The maximum Gasteiger partial charge on any atom is 0.419 e. The van der Waals surface area contributed by atoms with Gasteiger partial charge in [-0.2, -0.15) is 13.2 Å². The Morgan fingerprint density at radius 2 is 1.81 bits per heavy atom. The second kappa shape index (κ2) is 6.61. The first-order valence-electron chi connectivity index (χ1n) is 7.56. The lowest BCUT2D eigenvalue weighted by Crippen LogP contribution is -2.14. The zero-order valence-electron chi connectivity index (χ0n) is 13.7. The lowest BCUT2D eigenvalue weighted by molar-refractivity contribution is -0.137. The third kappa shape index (κ3) is 3.67. The predicted octanol–water partition coefficient (Wildman–Crippen LogP) is 4.09. The van der Waals surface area contributed by atoms with Gasteiger partial charge in [0.1, 0.15) is 4.90 Å². The van der Waals surface area contributed by atoms with E-state index >= 15 is 0 Å². The minimum atomic E-state index is -4.53. The number of alkyl halides is 3. The van der Waals surface area contributed by atoms with Crippen LogP contribution in [-0.2, 0) is 22.7 Å². The smallest absolute Gasteiger partial charge is 0.408 e. The van der Waals surface area contributed by atoms with Crippen LogP contribution in [0.2, 0.25) is 5.02 Å². The van der Waals surface area contributed by atoms with E-state index in [0.717, 1.165) is 30.3 Å². The van der Waals surface area contributed by atoms with Gasteiger partial charge in [0.05, 0.1) is 16.1 Å². The van der Waals surface area contributed by atoms with Crippen LogP contribution in [0.1, 0.15) is 12.5 Å². The fourth-order valence-electron chi connectivity index (χ4n) is 2.51. The molecule has 6 nitrogen and oxygen atoms in total.